The van der Waals surface area contributed by atoms with Gasteiger partial charge in [-0.05, 0) is 24.0 Å². The third-order valence-corrected chi connectivity index (χ3v) is 4.63. The number of unbranched alkanes of at least 4 members (excludes halogenated alkanes) is 1. The molecule has 0 aliphatic heterocycles. The highest BCUT2D eigenvalue weighted by Crippen LogP contribution is 2.32. The first kappa shape index (κ1) is 16.7. The molecule has 3 N–H and O–H groups in total. The van der Waals surface area contributed by atoms with E-state index in [4.69, 9.17) is 5.73 Å². The van der Waals surface area contributed by atoms with E-state index in [0.717, 1.165) is 22.9 Å². The summed E-state index contributed by atoms with van der Waals surface area (Å²) < 4.78 is 1.04. The molecule has 2 nitrogen and oxygen atoms in total. The predicted octanol–water partition coefficient (Wildman–Crippen LogP) is 4.07. The number of hydrogen-bond donors (Lipinski definition) is 2. The Morgan fingerprint density at radius 2 is 1.95 bits per heavy atom. The number of hydrogen-bond acceptors (Lipinski definition) is 2. The van der Waals surface area contributed by atoms with Crippen LogP contribution < -0.4 is 5.73 Å². The Hall–Kier alpha value is -0.380. The van der Waals surface area contributed by atoms with Gasteiger partial charge in [-0.2, -0.15) is 0 Å². The van der Waals surface area contributed by atoms with Gasteiger partial charge in [-0.15, -0.1) is 0 Å². The van der Waals surface area contributed by atoms with Gasteiger partial charge in [0.25, 0.3) is 0 Å². The smallest absolute Gasteiger partial charge is 0.0649 e. The number of nitrogens with two attached hydrogens (primary N) is 1. The Kier molecular flexibility index (Phi) is 7.66. The highest BCUT2D eigenvalue weighted by molar-refractivity contribution is 9.10. The van der Waals surface area contributed by atoms with Crippen LogP contribution in [0.3, 0.4) is 0 Å². The summed E-state index contributed by atoms with van der Waals surface area (Å²) in [6.07, 6.45) is 4.06. The van der Waals surface area contributed by atoms with Crippen molar-refractivity contribution in [1.29, 1.82) is 0 Å². The van der Waals surface area contributed by atoms with Crippen LogP contribution in [-0.2, 0) is 0 Å². The number of benzene rings is 1. The van der Waals surface area contributed by atoms with Crippen molar-refractivity contribution >= 4 is 15.9 Å². The maximum absolute atomic E-state index is 10.7. The Morgan fingerprint density at radius 3 is 2.47 bits per heavy atom. The Bertz CT molecular complexity index is 370. The highest BCUT2D eigenvalue weighted by Gasteiger charge is 2.27. The van der Waals surface area contributed by atoms with Gasteiger partial charge in [0.1, 0.15) is 0 Å². The van der Waals surface area contributed by atoms with Crippen LogP contribution >= 0.6 is 15.9 Å². The zero-order valence-electron chi connectivity index (χ0n) is 12.0. The quantitative estimate of drug-likeness (QED) is 0.756. The summed E-state index contributed by atoms with van der Waals surface area (Å²) in [6.45, 7) is 4.82. The van der Waals surface area contributed by atoms with Gasteiger partial charge in [-0.25, -0.2) is 0 Å². The minimum Gasteiger partial charge on any atom is -0.392 e. The second kappa shape index (κ2) is 8.72. The third kappa shape index (κ3) is 4.59. The van der Waals surface area contributed by atoms with Gasteiger partial charge in [0.2, 0.25) is 0 Å². The number of halogens is 1. The summed E-state index contributed by atoms with van der Waals surface area (Å²) in [5.41, 5.74) is 7.03. The van der Waals surface area contributed by atoms with E-state index in [1.807, 2.05) is 18.2 Å². The summed E-state index contributed by atoms with van der Waals surface area (Å²) in [7, 11) is 0. The van der Waals surface area contributed by atoms with Crippen LogP contribution in [0.25, 0.3) is 0 Å². The molecule has 0 bridgehead atoms. The lowest BCUT2D eigenvalue weighted by atomic mass is 9.82. The average Bonchev–Trinajstić information content (AvgIpc) is 2.42. The molecule has 1 rings (SSSR count). The molecule has 0 amide bonds. The topological polar surface area (TPSA) is 46.2 Å². The van der Waals surface area contributed by atoms with Crippen LogP contribution in [0.2, 0.25) is 0 Å². The lowest BCUT2D eigenvalue weighted by Crippen LogP contribution is -2.32. The second-order valence-corrected chi connectivity index (χ2v) is 6.02. The minimum absolute atomic E-state index is 0.0115. The lowest BCUT2D eigenvalue weighted by molar-refractivity contribution is 0.0741. The Balaban J connectivity index is 2.86. The van der Waals surface area contributed by atoms with Gasteiger partial charge >= 0.3 is 0 Å². The molecule has 0 aliphatic rings. The molecule has 0 heterocycles. The maximum atomic E-state index is 10.7. The van der Waals surface area contributed by atoms with Crippen LogP contribution in [0, 0.1) is 5.92 Å². The molecule has 0 fully saturated rings. The fourth-order valence-corrected chi connectivity index (χ4v) is 3.22. The summed E-state index contributed by atoms with van der Waals surface area (Å²) in [4.78, 5) is 0. The van der Waals surface area contributed by atoms with Crippen molar-refractivity contribution in [2.45, 2.75) is 51.6 Å². The highest BCUT2D eigenvalue weighted by atomic mass is 79.9. The fourth-order valence-electron chi connectivity index (χ4n) is 2.64. The van der Waals surface area contributed by atoms with Gasteiger partial charge < -0.3 is 10.8 Å². The minimum atomic E-state index is -0.361. The average molecular weight is 328 g/mol. The van der Waals surface area contributed by atoms with Gasteiger partial charge in [-0.3, -0.25) is 0 Å². The third-order valence-electron chi connectivity index (χ3n) is 3.91. The first-order chi connectivity index (χ1) is 9.15. The summed E-state index contributed by atoms with van der Waals surface area (Å²) in [5.74, 6) is 0.345. The van der Waals surface area contributed by atoms with Crippen molar-refractivity contribution in [2.75, 3.05) is 6.54 Å². The van der Waals surface area contributed by atoms with Crippen molar-refractivity contribution in [3.05, 3.63) is 34.3 Å². The zero-order valence-corrected chi connectivity index (χ0v) is 13.6. The molecule has 1 aromatic rings. The normalized spacial score (nSPS) is 16.1. The number of aliphatic hydroxyl groups excluding tert-OH is 1. The molecule has 3 atom stereocenters. The zero-order chi connectivity index (χ0) is 14.3. The largest absolute Gasteiger partial charge is 0.392 e. The van der Waals surface area contributed by atoms with Crippen LogP contribution in [0.15, 0.2) is 28.7 Å². The number of rotatable bonds is 8. The van der Waals surface area contributed by atoms with Crippen LogP contribution in [0.5, 0.6) is 0 Å². The molecule has 0 radical (unpaired) electrons. The van der Waals surface area contributed by atoms with Crippen molar-refractivity contribution in [3.8, 4) is 0 Å². The molecular weight excluding hydrogens is 302 g/mol. The fraction of sp³-hybridized carbons (Fsp3) is 0.625. The second-order valence-electron chi connectivity index (χ2n) is 5.16. The molecule has 19 heavy (non-hydrogen) atoms. The van der Waals surface area contributed by atoms with E-state index >= 15 is 0 Å². The van der Waals surface area contributed by atoms with Crippen LogP contribution in [-0.4, -0.2) is 17.8 Å². The molecule has 0 aliphatic carbocycles. The molecule has 1 aromatic carbocycles. The van der Waals surface area contributed by atoms with E-state index in [2.05, 4.69) is 35.8 Å². The van der Waals surface area contributed by atoms with E-state index < -0.39 is 0 Å². The van der Waals surface area contributed by atoms with Crippen LogP contribution in [0.1, 0.15) is 51.0 Å². The molecule has 0 saturated carbocycles. The predicted molar refractivity (Wildman–Crippen MR) is 85.3 cm³/mol. The molecule has 0 aromatic heterocycles. The van der Waals surface area contributed by atoms with E-state index in [0.29, 0.717) is 12.5 Å². The van der Waals surface area contributed by atoms with Crippen LogP contribution in [0.4, 0.5) is 0 Å². The van der Waals surface area contributed by atoms with Crippen molar-refractivity contribution in [3.63, 3.8) is 0 Å². The maximum Gasteiger partial charge on any atom is 0.0649 e. The molecule has 0 spiro atoms. The molecule has 0 saturated heterocycles. The van der Waals surface area contributed by atoms with Gasteiger partial charge in [0.15, 0.2) is 0 Å². The summed E-state index contributed by atoms with van der Waals surface area (Å²) in [6, 6.07) is 8.06. The van der Waals surface area contributed by atoms with E-state index in [9.17, 15) is 5.11 Å². The molecular formula is C16H26BrNO. The molecule has 108 valence electrons. The van der Waals surface area contributed by atoms with Crippen molar-refractivity contribution in [2.24, 2.45) is 11.7 Å². The van der Waals surface area contributed by atoms with Gasteiger partial charge in [-0.1, -0.05) is 67.2 Å². The monoisotopic (exact) mass is 327 g/mol. The lowest BCUT2D eigenvalue weighted by Gasteiger charge is -2.29. The van der Waals surface area contributed by atoms with E-state index in [1.165, 1.54) is 12.8 Å². The Morgan fingerprint density at radius 1 is 1.26 bits per heavy atom. The SMILES string of the molecule is CCCCC(CC)C(O)C(CN)c1ccccc1Br. The first-order valence-corrected chi connectivity index (χ1v) is 8.07. The Labute approximate surface area is 125 Å². The molecule has 3 unspecified atom stereocenters. The summed E-state index contributed by atoms with van der Waals surface area (Å²) >= 11 is 3.56. The standard InChI is InChI=1S/C16H26BrNO/c1-3-5-8-12(4-2)16(19)14(11-18)13-9-6-7-10-15(13)17/h6-7,9-10,12,14,16,19H,3-5,8,11,18H2,1-2H3. The molecule has 3 heteroatoms. The van der Waals surface area contributed by atoms with E-state index in [1.54, 1.807) is 0 Å². The van der Waals surface area contributed by atoms with Crippen molar-refractivity contribution in [1.82, 2.24) is 0 Å². The van der Waals surface area contributed by atoms with Crippen molar-refractivity contribution < 1.29 is 5.11 Å². The van der Waals surface area contributed by atoms with Gasteiger partial charge in [0.05, 0.1) is 6.10 Å². The summed E-state index contributed by atoms with van der Waals surface area (Å²) in [5, 5.41) is 10.7. The number of aliphatic hydroxyl groups is 1. The first-order valence-electron chi connectivity index (χ1n) is 7.28. The van der Waals surface area contributed by atoms with E-state index in [-0.39, 0.29) is 12.0 Å². The van der Waals surface area contributed by atoms with Gasteiger partial charge in [0, 0.05) is 16.9 Å².